The minimum atomic E-state index is -0.579. The SMILES string of the molecule is Cc1ccc(N2C(=O)[C@H](c3c(C)nn(-c4ccccc4)c3C)NC2=S)cc1Cl. The Morgan fingerprint density at radius 3 is 2.46 bits per heavy atom. The molecule has 0 spiro atoms. The summed E-state index contributed by atoms with van der Waals surface area (Å²) >= 11 is 11.7. The van der Waals surface area contributed by atoms with E-state index < -0.39 is 6.04 Å². The number of anilines is 1. The van der Waals surface area contributed by atoms with Crippen molar-refractivity contribution >= 4 is 40.5 Å². The molecule has 4 rings (SSSR count). The van der Waals surface area contributed by atoms with E-state index in [0.29, 0.717) is 15.8 Å². The van der Waals surface area contributed by atoms with Crippen LogP contribution in [-0.2, 0) is 4.79 Å². The van der Waals surface area contributed by atoms with Crippen molar-refractivity contribution in [2.75, 3.05) is 4.90 Å². The summed E-state index contributed by atoms with van der Waals surface area (Å²) in [6.45, 7) is 5.79. The average Bonchev–Trinajstić information content (AvgIpc) is 3.13. The molecular weight excluding hydrogens is 392 g/mol. The summed E-state index contributed by atoms with van der Waals surface area (Å²) in [5.41, 5.74) is 5.09. The molecule has 2 aromatic carbocycles. The largest absolute Gasteiger partial charge is 0.346 e. The molecule has 1 atom stereocenters. The van der Waals surface area contributed by atoms with Gasteiger partial charge in [-0.3, -0.25) is 9.69 Å². The molecule has 142 valence electrons. The lowest BCUT2D eigenvalue weighted by molar-refractivity contribution is -0.118. The van der Waals surface area contributed by atoms with E-state index in [-0.39, 0.29) is 5.91 Å². The van der Waals surface area contributed by atoms with Gasteiger partial charge < -0.3 is 5.32 Å². The Bertz CT molecular complexity index is 1090. The van der Waals surface area contributed by atoms with Crippen LogP contribution in [0.2, 0.25) is 5.02 Å². The number of thiocarbonyl (C=S) groups is 1. The number of nitrogens with one attached hydrogen (secondary N) is 1. The summed E-state index contributed by atoms with van der Waals surface area (Å²) in [6, 6.07) is 14.8. The molecule has 1 saturated heterocycles. The molecule has 1 aliphatic rings. The van der Waals surface area contributed by atoms with Crippen LogP contribution in [-0.4, -0.2) is 20.8 Å². The van der Waals surface area contributed by atoms with Crippen molar-refractivity contribution in [2.24, 2.45) is 0 Å². The fraction of sp³-hybridized carbons (Fsp3) is 0.190. The maximum atomic E-state index is 13.3. The van der Waals surface area contributed by atoms with Crippen LogP contribution in [0.3, 0.4) is 0 Å². The smallest absolute Gasteiger partial charge is 0.260 e. The van der Waals surface area contributed by atoms with Crippen LogP contribution < -0.4 is 10.2 Å². The van der Waals surface area contributed by atoms with Crippen LogP contribution in [0.25, 0.3) is 5.69 Å². The molecule has 2 heterocycles. The molecule has 1 fully saturated rings. The number of benzene rings is 2. The highest BCUT2D eigenvalue weighted by Crippen LogP contribution is 2.33. The third-order valence-corrected chi connectivity index (χ3v) is 5.70. The number of aromatic nitrogens is 2. The van der Waals surface area contributed by atoms with Gasteiger partial charge in [0.25, 0.3) is 5.91 Å². The number of hydrogen-bond donors (Lipinski definition) is 1. The lowest BCUT2D eigenvalue weighted by Crippen LogP contribution is -2.30. The third-order valence-electron chi connectivity index (χ3n) is 4.99. The number of nitrogens with zero attached hydrogens (tertiary/aromatic N) is 3. The Morgan fingerprint density at radius 2 is 1.79 bits per heavy atom. The van der Waals surface area contributed by atoms with Gasteiger partial charge in [-0.05, 0) is 62.8 Å². The molecule has 3 aromatic rings. The van der Waals surface area contributed by atoms with E-state index in [0.717, 1.165) is 28.2 Å². The van der Waals surface area contributed by atoms with Gasteiger partial charge in [0.15, 0.2) is 5.11 Å². The maximum Gasteiger partial charge on any atom is 0.260 e. The molecule has 0 saturated carbocycles. The van der Waals surface area contributed by atoms with Gasteiger partial charge in [-0.25, -0.2) is 4.68 Å². The van der Waals surface area contributed by atoms with Crippen LogP contribution >= 0.6 is 23.8 Å². The first kappa shape index (κ1) is 18.7. The monoisotopic (exact) mass is 410 g/mol. The van der Waals surface area contributed by atoms with Crippen LogP contribution in [0.4, 0.5) is 5.69 Å². The molecule has 1 N–H and O–H groups in total. The Kier molecular flexibility index (Phi) is 4.69. The zero-order valence-electron chi connectivity index (χ0n) is 15.7. The highest BCUT2D eigenvalue weighted by atomic mass is 35.5. The van der Waals surface area contributed by atoms with Crippen molar-refractivity contribution in [3.8, 4) is 5.69 Å². The second-order valence-electron chi connectivity index (χ2n) is 6.82. The van der Waals surface area contributed by atoms with Gasteiger partial charge in [-0.15, -0.1) is 0 Å². The van der Waals surface area contributed by atoms with E-state index in [2.05, 4.69) is 10.4 Å². The van der Waals surface area contributed by atoms with Crippen LogP contribution in [0, 0.1) is 20.8 Å². The number of carbonyl (C=O) groups excluding carboxylic acids is 1. The number of amides is 1. The molecular formula is C21H19ClN4OS. The fourth-order valence-electron chi connectivity index (χ4n) is 3.53. The summed E-state index contributed by atoms with van der Waals surface area (Å²) in [5, 5.41) is 8.77. The Hall–Kier alpha value is -2.70. The van der Waals surface area contributed by atoms with Crippen molar-refractivity contribution in [1.29, 1.82) is 0 Å². The highest BCUT2D eigenvalue weighted by Gasteiger charge is 2.40. The Balaban J connectivity index is 1.73. The van der Waals surface area contributed by atoms with Crippen LogP contribution in [0.15, 0.2) is 48.5 Å². The summed E-state index contributed by atoms with van der Waals surface area (Å²) in [5.74, 6) is -0.135. The summed E-state index contributed by atoms with van der Waals surface area (Å²) in [7, 11) is 0. The second-order valence-corrected chi connectivity index (χ2v) is 7.62. The first-order valence-electron chi connectivity index (χ1n) is 8.90. The maximum absolute atomic E-state index is 13.3. The fourth-order valence-corrected chi connectivity index (χ4v) is 4.02. The van der Waals surface area contributed by atoms with E-state index in [1.807, 2.05) is 67.9 Å². The van der Waals surface area contributed by atoms with Gasteiger partial charge in [0.05, 0.1) is 17.1 Å². The number of aryl methyl sites for hydroxylation is 2. The standard InChI is InChI=1S/C21H19ClN4OS/c1-12-9-10-16(11-17(12)22)25-20(27)19(23-21(25)28)18-13(2)24-26(14(18)3)15-7-5-4-6-8-15/h4-11,19H,1-3H3,(H,23,28)/t19-/m0/s1. The van der Waals surface area contributed by atoms with E-state index in [1.165, 1.54) is 4.90 Å². The lowest BCUT2D eigenvalue weighted by atomic mass is 10.0. The molecule has 0 bridgehead atoms. The first-order valence-corrected chi connectivity index (χ1v) is 9.69. The second kappa shape index (κ2) is 7.04. The van der Waals surface area contributed by atoms with Crippen molar-refractivity contribution in [2.45, 2.75) is 26.8 Å². The van der Waals surface area contributed by atoms with Crippen molar-refractivity contribution in [1.82, 2.24) is 15.1 Å². The van der Waals surface area contributed by atoms with Gasteiger partial charge >= 0.3 is 0 Å². The molecule has 0 aliphatic carbocycles. The van der Waals surface area contributed by atoms with E-state index in [1.54, 1.807) is 6.07 Å². The molecule has 5 nitrogen and oxygen atoms in total. The number of halogens is 1. The van der Waals surface area contributed by atoms with Crippen molar-refractivity contribution < 1.29 is 4.79 Å². The number of carbonyl (C=O) groups is 1. The number of rotatable bonds is 3. The predicted octanol–water partition coefficient (Wildman–Crippen LogP) is 4.41. The van der Waals surface area contributed by atoms with Gasteiger partial charge in [0.2, 0.25) is 0 Å². The van der Waals surface area contributed by atoms with Crippen molar-refractivity contribution in [3.05, 3.63) is 76.1 Å². The van der Waals surface area contributed by atoms with E-state index in [9.17, 15) is 4.79 Å². The van der Waals surface area contributed by atoms with E-state index >= 15 is 0 Å². The van der Waals surface area contributed by atoms with Crippen LogP contribution in [0.5, 0.6) is 0 Å². The van der Waals surface area contributed by atoms with Crippen molar-refractivity contribution in [3.63, 3.8) is 0 Å². The molecule has 28 heavy (non-hydrogen) atoms. The third kappa shape index (κ3) is 2.99. The lowest BCUT2D eigenvalue weighted by Gasteiger charge is -2.16. The average molecular weight is 411 g/mol. The zero-order chi connectivity index (χ0) is 20.0. The predicted molar refractivity (Wildman–Crippen MR) is 115 cm³/mol. The summed E-state index contributed by atoms with van der Waals surface area (Å²) < 4.78 is 1.86. The quantitative estimate of drug-likeness (QED) is 0.649. The molecule has 7 heteroatoms. The van der Waals surface area contributed by atoms with Gasteiger partial charge in [0, 0.05) is 16.3 Å². The summed E-state index contributed by atoms with van der Waals surface area (Å²) in [4.78, 5) is 14.8. The number of para-hydroxylation sites is 1. The molecule has 1 aromatic heterocycles. The highest BCUT2D eigenvalue weighted by molar-refractivity contribution is 7.80. The minimum Gasteiger partial charge on any atom is -0.346 e. The zero-order valence-corrected chi connectivity index (χ0v) is 17.3. The number of hydrogen-bond acceptors (Lipinski definition) is 3. The van der Waals surface area contributed by atoms with Gasteiger partial charge in [-0.1, -0.05) is 35.9 Å². The van der Waals surface area contributed by atoms with E-state index in [4.69, 9.17) is 23.8 Å². The normalized spacial score (nSPS) is 16.6. The molecule has 0 unspecified atom stereocenters. The topological polar surface area (TPSA) is 50.2 Å². The Morgan fingerprint density at radius 1 is 1.07 bits per heavy atom. The minimum absolute atomic E-state index is 0.135. The van der Waals surface area contributed by atoms with Crippen LogP contribution in [0.1, 0.15) is 28.6 Å². The molecule has 1 amide bonds. The molecule has 0 radical (unpaired) electrons. The van der Waals surface area contributed by atoms with Gasteiger partial charge in [0.1, 0.15) is 6.04 Å². The summed E-state index contributed by atoms with van der Waals surface area (Å²) in [6.07, 6.45) is 0. The molecule has 1 aliphatic heterocycles. The van der Waals surface area contributed by atoms with Gasteiger partial charge in [-0.2, -0.15) is 5.10 Å². The first-order chi connectivity index (χ1) is 13.4. The Labute approximate surface area is 173 Å².